The molecule has 1 aliphatic heterocycles. The SMILES string of the molecule is CCCC1CC(=O)NC(SCC(=O)Nc2ccc(Cl)cc2Cl)N1. The Kier molecular flexibility index (Phi) is 7.02. The summed E-state index contributed by atoms with van der Waals surface area (Å²) in [6.07, 6.45) is 2.44. The normalized spacial score (nSPS) is 20.9. The molecule has 2 unspecified atom stereocenters. The highest BCUT2D eigenvalue weighted by molar-refractivity contribution is 8.00. The van der Waals surface area contributed by atoms with Crippen molar-refractivity contribution in [2.75, 3.05) is 11.1 Å². The fourth-order valence-electron chi connectivity index (χ4n) is 2.30. The topological polar surface area (TPSA) is 70.2 Å². The second kappa shape index (κ2) is 8.78. The first kappa shape index (κ1) is 18.4. The summed E-state index contributed by atoms with van der Waals surface area (Å²) in [5.41, 5.74) is 0.269. The highest BCUT2D eigenvalue weighted by Crippen LogP contribution is 2.25. The molecule has 23 heavy (non-hydrogen) atoms. The van der Waals surface area contributed by atoms with Gasteiger partial charge in [-0.2, -0.15) is 0 Å². The molecule has 1 aliphatic rings. The van der Waals surface area contributed by atoms with E-state index in [1.165, 1.54) is 11.8 Å². The van der Waals surface area contributed by atoms with E-state index in [0.29, 0.717) is 22.2 Å². The van der Waals surface area contributed by atoms with E-state index in [2.05, 4.69) is 22.9 Å². The van der Waals surface area contributed by atoms with E-state index >= 15 is 0 Å². The molecule has 1 fully saturated rings. The van der Waals surface area contributed by atoms with Gasteiger partial charge in [-0.3, -0.25) is 14.9 Å². The molecule has 0 saturated carbocycles. The van der Waals surface area contributed by atoms with E-state index in [4.69, 9.17) is 23.2 Å². The van der Waals surface area contributed by atoms with Crippen molar-refractivity contribution in [2.45, 2.75) is 37.7 Å². The lowest BCUT2D eigenvalue weighted by Gasteiger charge is -2.30. The van der Waals surface area contributed by atoms with E-state index in [9.17, 15) is 9.59 Å². The summed E-state index contributed by atoms with van der Waals surface area (Å²) in [6, 6.07) is 5.06. The standard InChI is InChI=1S/C15H19Cl2N3O2S/c1-2-3-10-7-13(21)20-15(18-10)23-8-14(22)19-12-5-4-9(16)6-11(12)17/h4-6,10,15,18H,2-3,7-8H2,1H3,(H,19,22)(H,20,21). The number of hydrogen-bond donors (Lipinski definition) is 3. The van der Waals surface area contributed by atoms with Crippen molar-refractivity contribution in [1.29, 1.82) is 0 Å². The van der Waals surface area contributed by atoms with Crippen LogP contribution in [0.15, 0.2) is 18.2 Å². The van der Waals surface area contributed by atoms with Gasteiger partial charge in [-0.15, -0.1) is 11.8 Å². The van der Waals surface area contributed by atoms with Crippen LogP contribution in [0.3, 0.4) is 0 Å². The van der Waals surface area contributed by atoms with Gasteiger partial charge in [0.05, 0.1) is 16.5 Å². The minimum atomic E-state index is -0.251. The Labute approximate surface area is 149 Å². The summed E-state index contributed by atoms with van der Waals surface area (Å²) in [5, 5.41) is 9.80. The Morgan fingerprint density at radius 3 is 2.91 bits per heavy atom. The molecule has 2 rings (SSSR count). The molecule has 2 amide bonds. The molecule has 126 valence electrons. The molecule has 1 aromatic rings. The Morgan fingerprint density at radius 1 is 1.43 bits per heavy atom. The van der Waals surface area contributed by atoms with Crippen LogP contribution in [0.2, 0.25) is 10.0 Å². The molecule has 0 aliphatic carbocycles. The first-order chi connectivity index (χ1) is 11.0. The average molecular weight is 376 g/mol. The molecule has 3 N–H and O–H groups in total. The summed E-state index contributed by atoms with van der Waals surface area (Å²) >= 11 is 13.2. The molecule has 0 aromatic heterocycles. The van der Waals surface area contributed by atoms with Crippen LogP contribution in [-0.4, -0.2) is 29.1 Å². The highest BCUT2D eigenvalue weighted by Gasteiger charge is 2.25. The lowest BCUT2D eigenvalue weighted by molar-refractivity contribution is -0.123. The van der Waals surface area contributed by atoms with Crippen LogP contribution in [0, 0.1) is 0 Å². The van der Waals surface area contributed by atoms with Crippen molar-refractivity contribution in [2.24, 2.45) is 0 Å². The first-order valence-electron chi connectivity index (χ1n) is 7.40. The average Bonchev–Trinajstić information content (AvgIpc) is 2.48. The molecule has 1 saturated heterocycles. The van der Waals surface area contributed by atoms with Crippen molar-refractivity contribution in [3.8, 4) is 0 Å². The van der Waals surface area contributed by atoms with Crippen molar-refractivity contribution in [3.05, 3.63) is 28.2 Å². The third kappa shape index (κ3) is 5.88. The molecule has 0 radical (unpaired) electrons. The molecular weight excluding hydrogens is 357 g/mol. The number of rotatable bonds is 6. The predicted molar refractivity (Wildman–Crippen MR) is 95.9 cm³/mol. The van der Waals surface area contributed by atoms with Crippen LogP contribution in [0.1, 0.15) is 26.2 Å². The second-order valence-corrected chi connectivity index (χ2v) is 7.22. The van der Waals surface area contributed by atoms with E-state index in [1.807, 2.05) is 0 Å². The fraction of sp³-hybridized carbons (Fsp3) is 0.467. The summed E-state index contributed by atoms with van der Waals surface area (Å²) in [4.78, 5) is 23.7. The summed E-state index contributed by atoms with van der Waals surface area (Å²) in [6.45, 7) is 2.08. The number of carbonyl (C=O) groups is 2. The Balaban J connectivity index is 1.82. The Bertz CT molecular complexity index is 586. The van der Waals surface area contributed by atoms with Crippen molar-refractivity contribution >= 4 is 52.5 Å². The van der Waals surface area contributed by atoms with Gasteiger partial charge in [-0.05, 0) is 24.6 Å². The fourth-order valence-corrected chi connectivity index (χ4v) is 3.65. The van der Waals surface area contributed by atoms with Crippen molar-refractivity contribution in [1.82, 2.24) is 10.6 Å². The monoisotopic (exact) mass is 375 g/mol. The number of benzene rings is 1. The van der Waals surface area contributed by atoms with E-state index in [1.54, 1.807) is 18.2 Å². The zero-order valence-electron chi connectivity index (χ0n) is 12.7. The van der Waals surface area contributed by atoms with Crippen LogP contribution >= 0.6 is 35.0 Å². The summed E-state index contributed by atoms with van der Waals surface area (Å²) in [7, 11) is 0. The molecule has 2 atom stereocenters. The summed E-state index contributed by atoms with van der Waals surface area (Å²) in [5.74, 6) is 0.0317. The molecule has 0 spiro atoms. The minimum absolute atomic E-state index is 0.0147. The second-order valence-electron chi connectivity index (χ2n) is 5.29. The number of hydrogen-bond acceptors (Lipinski definition) is 4. The number of nitrogens with one attached hydrogen (secondary N) is 3. The van der Waals surface area contributed by atoms with Gasteiger partial charge >= 0.3 is 0 Å². The molecule has 5 nitrogen and oxygen atoms in total. The van der Waals surface area contributed by atoms with Crippen LogP contribution in [0.5, 0.6) is 0 Å². The third-order valence-corrected chi connectivity index (χ3v) is 4.90. The number of thioether (sulfide) groups is 1. The third-order valence-electron chi connectivity index (χ3n) is 3.33. The molecular formula is C15H19Cl2N3O2S. The number of halogens is 2. The van der Waals surface area contributed by atoms with Gasteiger partial charge in [0.2, 0.25) is 11.8 Å². The Morgan fingerprint density at radius 2 is 2.22 bits per heavy atom. The summed E-state index contributed by atoms with van der Waals surface area (Å²) < 4.78 is 0. The maximum atomic E-state index is 12.0. The van der Waals surface area contributed by atoms with E-state index < -0.39 is 0 Å². The minimum Gasteiger partial charge on any atom is -0.332 e. The quantitative estimate of drug-likeness (QED) is 0.713. The molecule has 1 heterocycles. The van der Waals surface area contributed by atoms with Gasteiger partial charge in [0.15, 0.2) is 0 Å². The van der Waals surface area contributed by atoms with Crippen molar-refractivity contribution < 1.29 is 9.59 Å². The largest absolute Gasteiger partial charge is 0.332 e. The van der Waals surface area contributed by atoms with E-state index in [0.717, 1.165) is 12.8 Å². The van der Waals surface area contributed by atoms with Crippen LogP contribution < -0.4 is 16.0 Å². The highest BCUT2D eigenvalue weighted by atomic mass is 35.5. The van der Waals surface area contributed by atoms with E-state index in [-0.39, 0.29) is 29.1 Å². The number of anilines is 1. The van der Waals surface area contributed by atoms with Gasteiger partial charge < -0.3 is 10.6 Å². The smallest absolute Gasteiger partial charge is 0.234 e. The van der Waals surface area contributed by atoms with Gasteiger partial charge in [0.1, 0.15) is 5.50 Å². The zero-order chi connectivity index (χ0) is 16.8. The number of amides is 2. The Hall–Kier alpha value is -0.950. The van der Waals surface area contributed by atoms with Gasteiger partial charge in [0.25, 0.3) is 0 Å². The maximum Gasteiger partial charge on any atom is 0.234 e. The lowest BCUT2D eigenvalue weighted by Crippen LogP contribution is -2.54. The zero-order valence-corrected chi connectivity index (χ0v) is 15.0. The van der Waals surface area contributed by atoms with Crippen LogP contribution in [0.4, 0.5) is 5.69 Å². The van der Waals surface area contributed by atoms with Crippen LogP contribution in [-0.2, 0) is 9.59 Å². The van der Waals surface area contributed by atoms with Crippen molar-refractivity contribution in [3.63, 3.8) is 0 Å². The van der Waals surface area contributed by atoms with Gasteiger partial charge in [0, 0.05) is 17.5 Å². The number of carbonyl (C=O) groups excluding carboxylic acids is 2. The first-order valence-corrected chi connectivity index (χ1v) is 9.20. The van der Waals surface area contributed by atoms with Crippen LogP contribution in [0.25, 0.3) is 0 Å². The molecule has 1 aromatic carbocycles. The molecule has 8 heteroatoms. The maximum absolute atomic E-state index is 12.0. The van der Waals surface area contributed by atoms with Gasteiger partial charge in [-0.25, -0.2) is 0 Å². The lowest BCUT2D eigenvalue weighted by atomic mass is 10.1. The molecule has 0 bridgehead atoms. The van der Waals surface area contributed by atoms with Gasteiger partial charge in [-0.1, -0.05) is 36.5 Å². The predicted octanol–water partition coefficient (Wildman–Crippen LogP) is 3.23.